The zero-order valence-corrected chi connectivity index (χ0v) is 11.2. The Labute approximate surface area is 110 Å². The third-order valence-electron chi connectivity index (χ3n) is 2.35. The molecule has 0 saturated carbocycles. The van der Waals surface area contributed by atoms with Gasteiger partial charge in [0.1, 0.15) is 4.99 Å². The van der Waals surface area contributed by atoms with Gasteiger partial charge in [-0.25, -0.2) is 0 Å². The van der Waals surface area contributed by atoms with Crippen molar-refractivity contribution in [3.05, 3.63) is 34.7 Å². The molecule has 0 aromatic heterocycles. The maximum Gasteiger partial charge on any atom is 0.289 e. The van der Waals surface area contributed by atoms with Crippen LogP contribution in [0.2, 0.25) is 0 Å². The van der Waals surface area contributed by atoms with Gasteiger partial charge in [0.25, 0.3) is 5.24 Å². The second-order valence-corrected chi connectivity index (χ2v) is 5.26. The SMILES string of the molecule is CN(C)c1ccc(/C=C2/SC(=O)NC2=S)cc1. The zero-order chi connectivity index (χ0) is 12.4. The molecule has 1 amide bonds. The lowest BCUT2D eigenvalue weighted by molar-refractivity contribution is 0.265. The first-order valence-electron chi connectivity index (χ1n) is 5.08. The Kier molecular flexibility index (Phi) is 3.49. The number of hydrogen-bond acceptors (Lipinski definition) is 4. The highest BCUT2D eigenvalue weighted by Crippen LogP contribution is 2.26. The van der Waals surface area contributed by atoms with Gasteiger partial charge in [0.15, 0.2) is 0 Å². The molecular weight excluding hydrogens is 252 g/mol. The average molecular weight is 264 g/mol. The minimum absolute atomic E-state index is 0.105. The van der Waals surface area contributed by atoms with Crippen LogP contribution in [0, 0.1) is 0 Å². The summed E-state index contributed by atoms with van der Waals surface area (Å²) in [5, 5.41) is 2.49. The molecule has 1 saturated heterocycles. The van der Waals surface area contributed by atoms with E-state index < -0.39 is 0 Å². The number of hydrogen-bond donors (Lipinski definition) is 1. The lowest BCUT2D eigenvalue weighted by atomic mass is 10.2. The van der Waals surface area contributed by atoms with Crippen LogP contribution in [0.15, 0.2) is 29.2 Å². The van der Waals surface area contributed by atoms with Gasteiger partial charge in [-0.3, -0.25) is 4.79 Å². The molecule has 1 aromatic carbocycles. The molecule has 1 aromatic rings. The highest BCUT2D eigenvalue weighted by molar-refractivity contribution is 8.19. The van der Waals surface area contributed by atoms with E-state index in [1.807, 2.05) is 49.3 Å². The smallest absolute Gasteiger partial charge is 0.289 e. The Hall–Kier alpha value is -1.33. The molecule has 0 atom stereocenters. The van der Waals surface area contributed by atoms with Gasteiger partial charge in [-0.15, -0.1) is 0 Å². The minimum atomic E-state index is -0.105. The molecule has 0 spiro atoms. The van der Waals surface area contributed by atoms with E-state index in [1.165, 1.54) is 0 Å². The number of thiocarbonyl (C=S) groups is 1. The van der Waals surface area contributed by atoms with Crippen molar-refractivity contribution in [1.29, 1.82) is 0 Å². The molecule has 88 valence electrons. The summed E-state index contributed by atoms with van der Waals surface area (Å²) in [6.07, 6.45) is 1.92. The summed E-state index contributed by atoms with van der Waals surface area (Å²) in [7, 11) is 4.00. The first-order chi connectivity index (χ1) is 8.06. The van der Waals surface area contributed by atoms with Crippen molar-refractivity contribution in [2.75, 3.05) is 19.0 Å². The molecule has 0 unspecified atom stereocenters. The zero-order valence-electron chi connectivity index (χ0n) is 9.56. The number of nitrogens with one attached hydrogen (secondary N) is 1. The van der Waals surface area contributed by atoms with Gasteiger partial charge in [0, 0.05) is 19.8 Å². The summed E-state index contributed by atoms with van der Waals surface area (Å²) in [5.74, 6) is 0. The Morgan fingerprint density at radius 3 is 2.41 bits per heavy atom. The van der Waals surface area contributed by atoms with Crippen LogP contribution in [-0.4, -0.2) is 24.3 Å². The second-order valence-electron chi connectivity index (χ2n) is 3.84. The highest BCUT2D eigenvalue weighted by Gasteiger charge is 2.21. The van der Waals surface area contributed by atoms with Gasteiger partial charge in [-0.05, 0) is 35.5 Å². The molecule has 3 nitrogen and oxygen atoms in total. The van der Waals surface area contributed by atoms with E-state index in [2.05, 4.69) is 5.32 Å². The predicted octanol–water partition coefficient (Wildman–Crippen LogP) is 2.88. The van der Waals surface area contributed by atoms with Crippen LogP contribution in [0.1, 0.15) is 5.56 Å². The van der Waals surface area contributed by atoms with Crippen molar-refractivity contribution < 1.29 is 4.79 Å². The third-order valence-corrected chi connectivity index (χ3v) is 3.63. The van der Waals surface area contributed by atoms with Gasteiger partial charge in [-0.2, -0.15) is 0 Å². The lowest BCUT2D eigenvalue weighted by Gasteiger charge is -2.11. The summed E-state index contributed by atoms with van der Waals surface area (Å²) < 4.78 is 0. The fourth-order valence-corrected chi connectivity index (χ4v) is 2.47. The van der Waals surface area contributed by atoms with Crippen LogP contribution in [0.4, 0.5) is 10.5 Å². The molecule has 5 heteroatoms. The van der Waals surface area contributed by atoms with E-state index in [0.717, 1.165) is 27.9 Å². The molecule has 1 fully saturated rings. The molecule has 17 heavy (non-hydrogen) atoms. The number of anilines is 1. The average Bonchev–Trinajstić information content (AvgIpc) is 2.58. The molecule has 0 bridgehead atoms. The number of carbonyl (C=O) groups is 1. The normalized spacial score (nSPS) is 17.4. The lowest BCUT2D eigenvalue weighted by Crippen LogP contribution is -2.15. The molecule has 0 radical (unpaired) electrons. The largest absolute Gasteiger partial charge is 0.378 e. The Morgan fingerprint density at radius 2 is 1.94 bits per heavy atom. The summed E-state index contributed by atoms with van der Waals surface area (Å²) >= 11 is 6.19. The van der Waals surface area contributed by atoms with Gasteiger partial charge < -0.3 is 10.2 Å². The van der Waals surface area contributed by atoms with Crippen LogP contribution >= 0.6 is 24.0 Å². The summed E-state index contributed by atoms with van der Waals surface area (Å²) in [6.45, 7) is 0. The van der Waals surface area contributed by atoms with E-state index in [-0.39, 0.29) is 5.24 Å². The number of benzene rings is 1. The fourth-order valence-electron chi connectivity index (χ4n) is 1.44. The third kappa shape index (κ3) is 2.87. The molecular formula is C12H12N2OS2. The number of nitrogens with zero attached hydrogens (tertiary/aromatic N) is 1. The van der Waals surface area contributed by atoms with Crippen molar-refractivity contribution in [2.45, 2.75) is 0 Å². The van der Waals surface area contributed by atoms with Crippen LogP contribution in [0.25, 0.3) is 6.08 Å². The maximum absolute atomic E-state index is 11.1. The molecule has 1 aliphatic rings. The number of carbonyl (C=O) groups excluding carboxylic acids is 1. The summed E-state index contributed by atoms with van der Waals surface area (Å²) in [4.78, 5) is 14.5. The molecule has 1 heterocycles. The topological polar surface area (TPSA) is 32.3 Å². The Morgan fingerprint density at radius 1 is 1.29 bits per heavy atom. The van der Waals surface area contributed by atoms with Crippen molar-refractivity contribution in [2.24, 2.45) is 0 Å². The molecule has 2 rings (SSSR count). The van der Waals surface area contributed by atoms with Gasteiger partial charge in [0.2, 0.25) is 0 Å². The minimum Gasteiger partial charge on any atom is -0.378 e. The maximum atomic E-state index is 11.1. The van der Waals surface area contributed by atoms with Crippen LogP contribution in [0.5, 0.6) is 0 Å². The Bertz CT molecular complexity index is 492. The van der Waals surface area contributed by atoms with Crippen LogP contribution in [0.3, 0.4) is 0 Å². The van der Waals surface area contributed by atoms with Crippen LogP contribution in [-0.2, 0) is 0 Å². The standard InChI is InChI=1S/C12H12N2OS2/c1-14(2)9-5-3-8(4-6-9)7-10-11(16)13-12(15)17-10/h3-7H,1-2H3,(H,13,15,16)/b10-7+. The van der Waals surface area contributed by atoms with Crippen molar-refractivity contribution in [1.82, 2.24) is 5.32 Å². The Balaban J connectivity index is 2.21. The van der Waals surface area contributed by atoms with Gasteiger partial charge >= 0.3 is 0 Å². The van der Waals surface area contributed by atoms with E-state index in [1.54, 1.807) is 0 Å². The first kappa shape index (κ1) is 12.1. The van der Waals surface area contributed by atoms with E-state index >= 15 is 0 Å². The quantitative estimate of drug-likeness (QED) is 0.657. The molecule has 1 aliphatic heterocycles. The highest BCUT2D eigenvalue weighted by atomic mass is 32.2. The van der Waals surface area contributed by atoms with E-state index in [4.69, 9.17) is 12.2 Å². The first-order valence-corrected chi connectivity index (χ1v) is 6.31. The monoisotopic (exact) mass is 264 g/mol. The fraction of sp³-hybridized carbons (Fsp3) is 0.167. The van der Waals surface area contributed by atoms with Gasteiger partial charge in [-0.1, -0.05) is 24.4 Å². The molecule has 0 aliphatic carbocycles. The van der Waals surface area contributed by atoms with Gasteiger partial charge in [0.05, 0.1) is 4.91 Å². The second kappa shape index (κ2) is 4.89. The van der Waals surface area contributed by atoms with Crippen LogP contribution < -0.4 is 10.2 Å². The van der Waals surface area contributed by atoms with Crippen molar-refractivity contribution in [3.8, 4) is 0 Å². The predicted molar refractivity (Wildman–Crippen MR) is 77.5 cm³/mol. The molecule has 1 N–H and O–H groups in total. The summed E-state index contributed by atoms with van der Waals surface area (Å²) in [5.41, 5.74) is 2.18. The van der Waals surface area contributed by atoms with E-state index in [9.17, 15) is 4.79 Å². The van der Waals surface area contributed by atoms with E-state index in [0.29, 0.717) is 4.99 Å². The van der Waals surface area contributed by atoms with Crippen molar-refractivity contribution in [3.63, 3.8) is 0 Å². The number of thioether (sulfide) groups is 1. The van der Waals surface area contributed by atoms with Crippen molar-refractivity contribution >= 4 is 46.0 Å². The number of amides is 1. The number of rotatable bonds is 2. The summed E-state index contributed by atoms with van der Waals surface area (Å²) in [6, 6.07) is 8.08.